The summed E-state index contributed by atoms with van der Waals surface area (Å²) in [5.74, 6) is -0.178. The number of hydrogen-bond acceptors (Lipinski definition) is 6. The molecule has 1 N–H and O–H groups in total. The Kier molecular flexibility index (Phi) is 6.55. The zero-order chi connectivity index (χ0) is 26.2. The maximum Gasteiger partial charge on any atom is 0.411 e. The Hall–Kier alpha value is -3.99. The molecular weight excluding hydrogens is 466 g/mol. The number of carbonyl (C=O) groups is 2. The third-order valence-corrected chi connectivity index (χ3v) is 7.17. The Morgan fingerprint density at radius 3 is 2.65 bits per heavy atom. The topological polar surface area (TPSA) is 108 Å². The highest BCUT2D eigenvalue weighted by Crippen LogP contribution is 2.43. The highest BCUT2D eigenvalue weighted by Gasteiger charge is 2.52. The lowest BCUT2D eigenvalue weighted by Crippen LogP contribution is -2.55. The molecule has 1 saturated heterocycles. The van der Waals surface area contributed by atoms with Gasteiger partial charge in [-0.25, -0.2) is 14.8 Å². The van der Waals surface area contributed by atoms with Crippen molar-refractivity contribution >= 4 is 22.9 Å². The van der Waals surface area contributed by atoms with E-state index in [1.165, 1.54) is 6.33 Å². The molecule has 8 nitrogen and oxygen atoms in total. The second kappa shape index (κ2) is 9.81. The van der Waals surface area contributed by atoms with Crippen molar-refractivity contribution in [2.24, 2.45) is 5.92 Å². The SMILES string of the molecule is CC(C)(C)OC(=O)N1C2CCC(C2)C1C(=O)NC(C#N)Cc1ccc(-c2ccc3cncnc3c2)cc1. The third kappa shape index (κ3) is 5.26. The number of piperidine rings is 1. The molecule has 2 aromatic carbocycles. The number of ether oxygens (including phenoxy) is 1. The highest BCUT2D eigenvalue weighted by molar-refractivity contribution is 5.88. The van der Waals surface area contributed by atoms with Gasteiger partial charge in [-0.2, -0.15) is 5.26 Å². The first-order valence-corrected chi connectivity index (χ1v) is 12.7. The van der Waals surface area contributed by atoms with E-state index in [0.717, 1.165) is 46.9 Å². The molecule has 37 heavy (non-hydrogen) atoms. The molecule has 2 amide bonds. The van der Waals surface area contributed by atoms with E-state index < -0.39 is 23.8 Å². The quantitative estimate of drug-likeness (QED) is 0.550. The van der Waals surface area contributed by atoms with E-state index in [2.05, 4.69) is 21.4 Å². The van der Waals surface area contributed by atoms with Crippen molar-refractivity contribution in [2.75, 3.05) is 0 Å². The molecule has 3 aromatic rings. The van der Waals surface area contributed by atoms with Crippen molar-refractivity contribution in [2.45, 2.75) is 70.2 Å². The maximum atomic E-state index is 13.3. The summed E-state index contributed by atoms with van der Waals surface area (Å²) in [6, 6.07) is 15.0. The van der Waals surface area contributed by atoms with Crippen LogP contribution in [-0.2, 0) is 16.0 Å². The molecular formula is C29H31N5O3. The van der Waals surface area contributed by atoms with Crippen LogP contribution in [0, 0.1) is 17.2 Å². The van der Waals surface area contributed by atoms with Crippen LogP contribution in [0.3, 0.4) is 0 Å². The monoisotopic (exact) mass is 497 g/mol. The molecule has 0 spiro atoms. The zero-order valence-corrected chi connectivity index (χ0v) is 21.3. The van der Waals surface area contributed by atoms with Crippen LogP contribution < -0.4 is 5.32 Å². The average molecular weight is 498 g/mol. The molecule has 4 unspecified atom stereocenters. The van der Waals surface area contributed by atoms with E-state index in [-0.39, 0.29) is 17.9 Å². The first-order valence-electron chi connectivity index (χ1n) is 12.7. The van der Waals surface area contributed by atoms with Gasteiger partial charge in [0.15, 0.2) is 0 Å². The van der Waals surface area contributed by atoms with Gasteiger partial charge in [-0.3, -0.25) is 9.69 Å². The van der Waals surface area contributed by atoms with Crippen LogP contribution in [0.5, 0.6) is 0 Å². The van der Waals surface area contributed by atoms with Crippen molar-refractivity contribution in [3.63, 3.8) is 0 Å². The smallest absolute Gasteiger partial charge is 0.411 e. The number of hydrogen-bond donors (Lipinski definition) is 1. The third-order valence-electron chi connectivity index (χ3n) is 7.17. The van der Waals surface area contributed by atoms with E-state index in [9.17, 15) is 14.9 Å². The van der Waals surface area contributed by atoms with Gasteiger partial charge in [0, 0.05) is 24.0 Å². The number of nitrogens with zero attached hydrogens (tertiary/aromatic N) is 4. The largest absolute Gasteiger partial charge is 0.444 e. The number of rotatable bonds is 5. The zero-order valence-electron chi connectivity index (χ0n) is 21.3. The summed E-state index contributed by atoms with van der Waals surface area (Å²) in [5, 5.41) is 13.7. The normalized spacial score (nSPS) is 21.5. The molecule has 1 aliphatic carbocycles. The summed E-state index contributed by atoms with van der Waals surface area (Å²) < 4.78 is 5.59. The Balaban J connectivity index is 1.25. The number of carbonyl (C=O) groups excluding carboxylic acids is 2. The maximum absolute atomic E-state index is 13.3. The summed E-state index contributed by atoms with van der Waals surface area (Å²) in [5.41, 5.74) is 3.26. The number of benzene rings is 2. The van der Waals surface area contributed by atoms with Crippen LogP contribution in [0.4, 0.5) is 4.79 Å². The Morgan fingerprint density at radius 2 is 1.92 bits per heavy atom. The fourth-order valence-corrected chi connectivity index (χ4v) is 5.51. The minimum Gasteiger partial charge on any atom is -0.444 e. The first kappa shape index (κ1) is 24.7. The molecule has 2 bridgehead atoms. The van der Waals surface area contributed by atoms with E-state index in [4.69, 9.17) is 4.74 Å². The second-order valence-corrected chi connectivity index (χ2v) is 10.9. The average Bonchev–Trinajstić information content (AvgIpc) is 3.49. The number of nitriles is 1. The lowest BCUT2D eigenvalue weighted by atomic mass is 9.97. The molecule has 2 heterocycles. The number of nitrogens with one attached hydrogen (secondary N) is 1. The van der Waals surface area contributed by atoms with Gasteiger partial charge in [0.25, 0.3) is 0 Å². The van der Waals surface area contributed by atoms with E-state index >= 15 is 0 Å². The van der Waals surface area contributed by atoms with Crippen LogP contribution in [0.1, 0.15) is 45.6 Å². The molecule has 1 aliphatic heterocycles. The standard InChI is InChI=1S/C29H31N5O3/c1-29(2,3)37-28(36)34-24-11-10-21(13-24)26(34)27(35)33-23(15-30)12-18-4-6-19(7-5-18)20-8-9-22-16-31-17-32-25(22)14-20/h4-9,14,16-17,21,23-24,26H,10-13H2,1-3H3,(H,33,35). The van der Waals surface area contributed by atoms with Gasteiger partial charge in [-0.1, -0.05) is 36.4 Å². The van der Waals surface area contributed by atoms with Gasteiger partial charge in [0.1, 0.15) is 24.0 Å². The minimum absolute atomic E-state index is 0.0187. The Morgan fingerprint density at radius 1 is 1.16 bits per heavy atom. The van der Waals surface area contributed by atoms with Gasteiger partial charge in [0.05, 0.1) is 11.6 Å². The van der Waals surface area contributed by atoms with Gasteiger partial charge in [0.2, 0.25) is 5.91 Å². The highest BCUT2D eigenvalue weighted by atomic mass is 16.6. The fraction of sp³-hybridized carbons (Fsp3) is 0.414. The Bertz CT molecular complexity index is 1360. The number of aromatic nitrogens is 2. The van der Waals surface area contributed by atoms with E-state index in [0.29, 0.717) is 6.42 Å². The fourth-order valence-electron chi connectivity index (χ4n) is 5.51. The summed E-state index contributed by atoms with van der Waals surface area (Å²) in [6.07, 6.45) is 5.83. The predicted molar refractivity (Wildman–Crippen MR) is 139 cm³/mol. The van der Waals surface area contributed by atoms with Crippen molar-refractivity contribution in [3.05, 3.63) is 60.6 Å². The van der Waals surface area contributed by atoms with E-state index in [1.54, 1.807) is 11.1 Å². The van der Waals surface area contributed by atoms with Crippen LogP contribution in [0.2, 0.25) is 0 Å². The molecule has 8 heteroatoms. The first-order chi connectivity index (χ1) is 17.7. The van der Waals surface area contributed by atoms with Crippen LogP contribution in [-0.4, -0.2) is 50.6 Å². The molecule has 4 atom stereocenters. The van der Waals surface area contributed by atoms with Gasteiger partial charge < -0.3 is 10.1 Å². The summed E-state index contributed by atoms with van der Waals surface area (Å²) in [7, 11) is 0. The van der Waals surface area contributed by atoms with Crippen LogP contribution in [0.25, 0.3) is 22.0 Å². The summed E-state index contributed by atoms with van der Waals surface area (Å²) >= 11 is 0. The second-order valence-electron chi connectivity index (χ2n) is 10.9. The molecule has 5 rings (SSSR count). The number of amides is 2. The molecule has 1 saturated carbocycles. The number of fused-ring (bicyclic) bond motifs is 3. The van der Waals surface area contributed by atoms with Crippen molar-refractivity contribution < 1.29 is 14.3 Å². The molecule has 2 aliphatic rings. The molecule has 2 fully saturated rings. The molecule has 0 radical (unpaired) electrons. The van der Waals surface area contributed by atoms with Gasteiger partial charge >= 0.3 is 6.09 Å². The van der Waals surface area contributed by atoms with E-state index in [1.807, 2.05) is 63.2 Å². The van der Waals surface area contributed by atoms with Crippen molar-refractivity contribution in [1.82, 2.24) is 20.2 Å². The van der Waals surface area contributed by atoms with Crippen molar-refractivity contribution in [3.8, 4) is 17.2 Å². The lowest BCUT2D eigenvalue weighted by Gasteiger charge is -2.35. The van der Waals surface area contributed by atoms with Crippen molar-refractivity contribution in [1.29, 1.82) is 5.26 Å². The van der Waals surface area contributed by atoms with Gasteiger partial charge in [-0.05, 0) is 68.7 Å². The summed E-state index contributed by atoms with van der Waals surface area (Å²) in [4.78, 5) is 36.2. The summed E-state index contributed by atoms with van der Waals surface area (Å²) in [6.45, 7) is 5.46. The predicted octanol–water partition coefficient (Wildman–Crippen LogP) is 4.64. The number of likely N-dealkylation sites (tertiary alicyclic amines) is 1. The van der Waals surface area contributed by atoms with Crippen LogP contribution in [0.15, 0.2) is 55.0 Å². The molecule has 1 aromatic heterocycles. The molecule has 190 valence electrons. The lowest BCUT2D eigenvalue weighted by molar-refractivity contribution is -0.128. The Labute approximate surface area is 216 Å². The van der Waals surface area contributed by atoms with Gasteiger partial charge in [-0.15, -0.1) is 0 Å². The minimum atomic E-state index is -0.699. The van der Waals surface area contributed by atoms with Crippen LogP contribution >= 0.6 is 0 Å².